The van der Waals surface area contributed by atoms with Crippen molar-refractivity contribution in [3.05, 3.63) is 71.2 Å². The van der Waals surface area contributed by atoms with Gasteiger partial charge in [-0.1, -0.05) is 24.3 Å². The Kier molecular flexibility index (Phi) is 6.25. The van der Waals surface area contributed by atoms with E-state index < -0.39 is 5.97 Å². The second kappa shape index (κ2) is 10.00. The van der Waals surface area contributed by atoms with Crippen LogP contribution in [0.5, 0.6) is 0 Å². The lowest BCUT2D eigenvalue weighted by Crippen LogP contribution is -2.36. The van der Waals surface area contributed by atoms with E-state index in [4.69, 9.17) is 19.8 Å². The van der Waals surface area contributed by atoms with E-state index in [2.05, 4.69) is 26.5 Å². The number of hydrogen-bond donors (Lipinski definition) is 3. The molecule has 1 fully saturated rings. The maximum Gasteiger partial charge on any atom is 0.328 e. The van der Waals surface area contributed by atoms with E-state index in [-0.39, 0.29) is 0 Å². The van der Waals surface area contributed by atoms with Gasteiger partial charge in [0.15, 0.2) is 11.6 Å². The molecule has 4 heterocycles. The monoisotopic (exact) mass is 512 g/mol. The highest BCUT2D eigenvalue weighted by atomic mass is 32.1. The first kappa shape index (κ1) is 23.1. The van der Waals surface area contributed by atoms with Crippen LogP contribution < -0.4 is 10.2 Å². The summed E-state index contributed by atoms with van der Waals surface area (Å²) in [5.74, 6) is 0.661. The van der Waals surface area contributed by atoms with Gasteiger partial charge < -0.3 is 20.1 Å². The number of aliphatic carboxylic acids is 1. The summed E-state index contributed by atoms with van der Waals surface area (Å²) in [6.07, 6.45) is 4.53. The highest BCUT2D eigenvalue weighted by molar-refractivity contribution is 7.19. The molecule has 9 nitrogen and oxygen atoms in total. The summed E-state index contributed by atoms with van der Waals surface area (Å²) in [5, 5.41) is 20.5. The molecule has 0 aliphatic carbocycles. The number of carboxylic acids is 1. The van der Waals surface area contributed by atoms with Gasteiger partial charge in [0.1, 0.15) is 0 Å². The molecule has 0 atom stereocenters. The van der Waals surface area contributed by atoms with Crippen molar-refractivity contribution in [2.45, 2.75) is 6.54 Å². The minimum Gasteiger partial charge on any atom is -0.478 e. The number of rotatable bonds is 7. The predicted molar refractivity (Wildman–Crippen MR) is 146 cm³/mol. The van der Waals surface area contributed by atoms with Crippen molar-refractivity contribution in [3.63, 3.8) is 0 Å². The Balaban J connectivity index is 1.32. The molecule has 0 unspecified atom stereocenters. The fourth-order valence-electron chi connectivity index (χ4n) is 4.39. The minimum atomic E-state index is -0.962. The molecule has 2 aromatic carbocycles. The number of carbonyl (C=O) groups is 1. The van der Waals surface area contributed by atoms with Gasteiger partial charge in [0.2, 0.25) is 0 Å². The average molecular weight is 513 g/mol. The number of morpholine rings is 1. The van der Waals surface area contributed by atoms with E-state index >= 15 is 0 Å². The summed E-state index contributed by atoms with van der Waals surface area (Å²) in [5.41, 5.74) is 4.61. The van der Waals surface area contributed by atoms with Crippen molar-refractivity contribution in [1.29, 1.82) is 0 Å². The Morgan fingerprint density at radius 3 is 2.81 bits per heavy atom. The number of carboxylic acid groups (broad SMARTS) is 1. The molecule has 186 valence electrons. The van der Waals surface area contributed by atoms with E-state index in [1.807, 2.05) is 48.7 Å². The second-order valence-corrected chi connectivity index (χ2v) is 9.82. The molecule has 10 heteroatoms. The van der Waals surface area contributed by atoms with Crippen LogP contribution in [0.4, 0.5) is 11.5 Å². The van der Waals surface area contributed by atoms with Gasteiger partial charge in [0.25, 0.3) is 0 Å². The molecule has 0 spiro atoms. The molecule has 6 rings (SSSR count). The number of ether oxygens (including phenoxy) is 1. The van der Waals surface area contributed by atoms with Crippen molar-refractivity contribution in [1.82, 2.24) is 20.2 Å². The topological polar surface area (TPSA) is 116 Å². The van der Waals surface area contributed by atoms with Crippen LogP contribution in [0.15, 0.2) is 60.8 Å². The van der Waals surface area contributed by atoms with Crippen molar-refractivity contribution in [2.75, 3.05) is 36.5 Å². The van der Waals surface area contributed by atoms with Crippen LogP contribution in [-0.2, 0) is 16.1 Å². The number of anilines is 2. The van der Waals surface area contributed by atoms with E-state index in [1.165, 1.54) is 0 Å². The van der Waals surface area contributed by atoms with Crippen molar-refractivity contribution < 1.29 is 14.6 Å². The highest BCUT2D eigenvalue weighted by Gasteiger charge is 2.21. The number of nitrogens with zero attached hydrogens (tertiary/aromatic N) is 4. The van der Waals surface area contributed by atoms with Crippen LogP contribution in [0.2, 0.25) is 0 Å². The Hall–Kier alpha value is -4.28. The number of thiophene rings is 1. The Labute approximate surface area is 216 Å². The number of aromatic nitrogens is 4. The zero-order valence-electron chi connectivity index (χ0n) is 19.8. The fraction of sp³-hybridized carbons (Fsp3) is 0.185. The molecule has 1 saturated heterocycles. The quantitative estimate of drug-likeness (QED) is 0.267. The molecule has 1 aliphatic rings. The van der Waals surface area contributed by atoms with Crippen molar-refractivity contribution in [2.24, 2.45) is 0 Å². The van der Waals surface area contributed by atoms with Gasteiger partial charge in [-0.25, -0.2) is 14.8 Å². The number of aromatic amines is 1. The minimum absolute atomic E-state index is 0.639. The molecule has 3 N–H and O–H groups in total. The second-order valence-electron chi connectivity index (χ2n) is 8.68. The van der Waals surface area contributed by atoms with Gasteiger partial charge in [-0.15, -0.1) is 11.3 Å². The third-order valence-corrected chi connectivity index (χ3v) is 7.36. The first-order valence-corrected chi connectivity index (χ1v) is 12.8. The number of hydrogen-bond acceptors (Lipinski definition) is 8. The van der Waals surface area contributed by atoms with Crippen molar-refractivity contribution in [3.8, 4) is 11.4 Å². The number of H-pyrrole nitrogens is 1. The Bertz CT molecular complexity index is 1600. The van der Waals surface area contributed by atoms with Gasteiger partial charge in [-0.3, -0.25) is 5.10 Å². The fourth-order valence-corrected chi connectivity index (χ4v) is 5.45. The molecule has 37 heavy (non-hydrogen) atoms. The van der Waals surface area contributed by atoms with Gasteiger partial charge in [-0.2, -0.15) is 5.10 Å². The summed E-state index contributed by atoms with van der Waals surface area (Å²) in [6.45, 7) is 3.57. The zero-order chi connectivity index (χ0) is 25.2. The summed E-state index contributed by atoms with van der Waals surface area (Å²) >= 11 is 1.70. The molecule has 1 aliphatic heterocycles. The van der Waals surface area contributed by atoms with Gasteiger partial charge >= 0.3 is 5.97 Å². The molecular weight excluding hydrogens is 488 g/mol. The maximum atomic E-state index is 10.7. The molecule has 0 bridgehead atoms. The summed E-state index contributed by atoms with van der Waals surface area (Å²) in [7, 11) is 0. The molecular formula is C27H24N6O3S. The van der Waals surface area contributed by atoms with Crippen LogP contribution in [0.3, 0.4) is 0 Å². The largest absolute Gasteiger partial charge is 0.478 e. The van der Waals surface area contributed by atoms with Crippen LogP contribution in [0.1, 0.15) is 10.4 Å². The van der Waals surface area contributed by atoms with Gasteiger partial charge in [0.05, 0.1) is 35.1 Å². The van der Waals surface area contributed by atoms with Crippen LogP contribution in [0, 0.1) is 0 Å². The third kappa shape index (κ3) is 4.89. The van der Waals surface area contributed by atoms with Crippen LogP contribution >= 0.6 is 11.3 Å². The van der Waals surface area contributed by atoms with Crippen LogP contribution in [0.25, 0.3) is 38.6 Å². The highest BCUT2D eigenvalue weighted by Crippen LogP contribution is 2.36. The van der Waals surface area contributed by atoms with Crippen LogP contribution in [-0.4, -0.2) is 57.5 Å². The van der Waals surface area contributed by atoms with E-state index in [0.717, 1.165) is 67.8 Å². The standard InChI is InChI=1S/C27H24N6O3S/c34-24(35)9-6-17-4-7-18(8-5-17)28-15-19-14-23-25(37-19)27(33-10-12-36-13-11-33)31-26(30-23)20-2-1-3-22-21(20)16-29-32-22/h1-9,14,16,28H,10-13,15H2,(H,29,32)(H,34,35). The molecule has 0 saturated carbocycles. The lowest BCUT2D eigenvalue weighted by Gasteiger charge is -2.28. The predicted octanol–water partition coefficient (Wildman–Crippen LogP) is 4.78. The normalized spacial score (nSPS) is 14.1. The first-order valence-electron chi connectivity index (χ1n) is 11.9. The van der Waals surface area contributed by atoms with Crippen molar-refractivity contribution >= 4 is 56.0 Å². The Morgan fingerprint density at radius 1 is 1.16 bits per heavy atom. The smallest absolute Gasteiger partial charge is 0.328 e. The third-order valence-electron chi connectivity index (χ3n) is 6.24. The van der Waals surface area contributed by atoms with Gasteiger partial charge in [0, 0.05) is 47.2 Å². The SMILES string of the molecule is O=C(O)C=Cc1ccc(NCc2cc3nc(-c4cccc5[nH]ncc45)nc(N4CCOCC4)c3s2)cc1. The first-order chi connectivity index (χ1) is 18.1. The zero-order valence-corrected chi connectivity index (χ0v) is 20.7. The molecule has 5 aromatic rings. The van der Waals surface area contributed by atoms with Gasteiger partial charge in [-0.05, 0) is 35.9 Å². The lowest BCUT2D eigenvalue weighted by atomic mass is 10.1. The summed E-state index contributed by atoms with van der Waals surface area (Å²) < 4.78 is 6.65. The Morgan fingerprint density at radius 2 is 2.00 bits per heavy atom. The van der Waals surface area contributed by atoms with E-state index in [9.17, 15) is 4.79 Å². The molecule has 0 amide bonds. The number of nitrogens with one attached hydrogen (secondary N) is 2. The molecule has 0 radical (unpaired) electrons. The van der Waals surface area contributed by atoms with E-state index in [1.54, 1.807) is 17.4 Å². The lowest BCUT2D eigenvalue weighted by molar-refractivity contribution is -0.131. The summed E-state index contributed by atoms with van der Waals surface area (Å²) in [6, 6.07) is 15.8. The molecule has 3 aromatic heterocycles. The maximum absolute atomic E-state index is 10.7. The average Bonchev–Trinajstić information content (AvgIpc) is 3.58. The van der Waals surface area contributed by atoms with E-state index in [0.29, 0.717) is 25.6 Å². The number of benzene rings is 2. The number of fused-ring (bicyclic) bond motifs is 2. The summed E-state index contributed by atoms with van der Waals surface area (Å²) in [4.78, 5) is 24.2.